The average molecular weight is 581 g/mol. The van der Waals surface area contributed by atoms with Gasteiger partial charge in [-0.2, -0.15) is 13.2 Å². The van der Waals surface area contributed by atoms with Gasteiger partial charge in [-0.3, -0.25) is 19.4 Å². The van der Waals surface area contributed by atoms with Crippen LogP contribution in [0, 0.1) is 0 Å². The van der Waals surface area contributed by atoms with E-state index in [0.29, 0.717) is 17.7 Å². The fourth-order valence-corrected chi connectivity index (χ4v) is 4.19. The summed E-state index contributed by atoms with van der Waals surface area (Å²) in [6, 6.07) is 7.39. The second kappa shape index (κ2) is 13.6. The summed E-state index contributed by atoms with van der Waals surface area (Å²) in [5.41, 5.74) is 0.508. The van der Waals surface area contributed by atoms with Crippen molar-refractivity contribution >= 4 is 23.2 Å². The van der Waals surface area contributed by atoms with Crippen molar-refractivity contribution in [1.82, 2.24) is 9.55 Å². The van der Waals surface area contributed by atoms with Crippen LogP contribution in [-0.2, 0) is 16.0 Å². The minimum absolute atomic E-state index is 0.0673. The van der Waals surface area contributed by atoms with Crippen LogP contribution >= 0.6 is 11.6 Å². The van der Waals surface area contributed by atoms with E-state index >= 15 is 0 Å². The standard InChI is InChI=1S/C28H28ClF3N2O6/c1-4-23(35)21-7-5-17(14-33-21)11-24(36)22(9-10-38-2)34-15-26(39-3)20(13-27(34)37)19-12-18(29)6-8-25(19)40-16-28(30,31)32/h5-8,12-15,22H,4,9-11,16H2,1-3H3. The van der Waals surface area contributed by atoms with Gasteiger partial charge in [0.05, 0.1) is 19.3 Å². The van der Waals surface area contributed by atoms with Gasteiger partial charge in [0.25, 0.3) is 5.56 Å². The van der Waals surface area contributed by atoms with Crippen LogP contribution in [0.1, 0.15) is 41.9 Å². The predicted molar refractivity (Wildman–Crippen MR) is 142 cm³/mol. The van der Waals surface area contributed by atoms with Gasteiger partial charge >= 0.3 is 6.18 Å². The molecular weight excluding hydrogens is 553 g/mol. The maximum absolute atomic E-state index is 13.4. The van der Waals surface area contributed by atoms with Crippen LogP contribution in [0.15, 0.2) is 53.6 Å². The zero-order valence-electron chi connectivity index (χ0n) is 22.1. The molecule has 214 valence electrons. The van der Waals surface area contributed by atoms with Gasteiger partial charge < -0.3 is 18.8 Å². The molecule has 12 heteroatoms. The average Bonchev–Trinajstić information content (AvgIpc) is 2.92. The lowest BCUT2D eigenvalue weighted by atomic mass is 10.0. The number of carbonyl (C=O) groups excluding carboxylic acids is 2. The third kappa shape index (κ3) is 7.92. The molecule has 0 spiro atoms. The predicted octanol–water partition coefficient (Wildman–Crippen LogP) is 5.50. The fraction of sp³-hybridized carbons (Fsp3) is 0.357. The van der Waals surface area contributed by atoms with E-state index in [1.807, 2.05) is 0 Å². The Kier molecular flexibility index (Phi) is 10.5. The lowest BCUT2D eigenvalue weighted by Gasteiger charge is -2.21. The van der Waals surface area contributed by atoms with Crippen LogP contribution in [0.3, 0.4) is 0 Å². The second-order valence-corrected chi connectivity index (χ2v) is 9.25. The number of nitrogens with zero attached hydrogens (tertiary/aromatic N) is 2. The molecule has 0 amide bonds. The van der Waals surface area contributed by atoms with Crippen molar-refractivity contribution in [2.75, 3.05) is 27.4 Å². The summed E-state index contributed by atoms with van der Waals surface area (Å²) in [6.45, 7) is 0.345. The summed E-state index contributed by atoms with van der Waals surface area (Å²) < 4.78 is 55.3. The van der Waals surface area contributed by atoms with Crippen molar-refractivity contribution in [2.45, 2.75) is 38.4 Å². The zero-order chi connectivity index (χ0) is 29.4. The van der Waals surface area contributed by atoms with Crippen molar-refractivity contribution < 1.29 is 37.0 Å². The van der Waals surface area contributed by atoms with E-state index in [2.05, 4.69) is 4.98 Å². The second-order valence-electron chi connectivity index (χ2n) is 8.81. The molecule has 0 saturated carbocycles. The number of methoxy groups -OCH3 is 2. The largest absolute Gasteiger partial charge is 0.495 e. The van der Waals surface area contributed by atoms with Crippen LogP contribution in [0.2, 0.25) is 5.02 Å². The summed E-state index contributed by atoms with van der Waals surface area (Å²) >= 11 is 6.10. The topological polar surface area (TPSA) is 96.7 Å². The van der Waals surface area contributed by atoms with Gasteiger partial charge in [0, 0.05) is 55.0 Å². The molecular formula is C28H28ClF3N2O6. The van der Waals surface area contributed by atoms with Crippen molar-refractivity contribution in [3.63, 3.8) is 0 Å². The molecule has 1 aromatic carbocycles. The van der Waals surface area contributed by atoms with Gasteiger partial charge in [-0.15, -0.1) is 0 Å². The van der Waals surface area contributed by atoms with E-state index in [4.69, 9.17) is 25.8 Å². The molecule has 0 aliphatic heterocycles. The Balaban J connectivity index is 2.00. The molecule has 0 bridgehead atoms. The minimum atomic E-state index is -4.58. The summed E-state index contributed by atoms with van der Waals surface area (Å²) in [7, 11) is 2.79. The number of aromatic nitrogens is 2. The number of ketones is 2. The van der Waals surface area contributed by atoms with Crippen LogP contribution < -0.4 is 15.0 Å². The molecule has 0 aliphatic carbocycles. The monoisotopic (exact) mass is 580 g/mol. The number of pyridine rings is 2. The number of halogens is 4. The number of alkyl halides is 3. The SMILES string of the molecule is CCC(=O)c1ccc(CC(=O)C(CCOC)n2cc(OC)c(-c3cc(Cl)ccc3OCC(F)(F)F)cc2=O)cn1. The first-order chi connectivity index (χ1) is 19.0. The molecule has 3 rings (SSSR count). The van der Waals surface area contributed by atoms with Crippen LogP contribution in [-0.4, -0.2) is 54.7 Å². The van der Waals surface area contributed by atoms with Gasteiger partial charge in [-0.1, -0.05) is 24.6 Å². The maximum atomic E-state index is 13.4. The van der Waals surface area contributed by atoms with E-state index in [0.717, 1.165) is 6.07 Å². The molecule has 8 nitrogen and oxygen atoms in total. The molecule has 0 N–H and O–H groups in total. The highest BCUT2D eigenvalue weighted by atomic mass is 35.5. The number of ether oxygens (including phenoxy) is 3. The van der Waals surface area contributed by atoms with Gasteiger partial charge in [0.2, 0.25) is 0 Å². The van der Waals surface area contributed by atoms with E-state index < -0.39 is 24.4 Å². The molecule has 0 aliphatic rings. The van der Waals surface area contributed by atoms with Crippen LogP contribution in [0.4, 0.5) is 13.2 Å². The molecule has 0 fully saturated rings. The van der Waals surface area contributed by atoms with Crippen molar-refractivity contribution in [3.05, 3.63) is 75.4 Å². The van der Waals surface area contributed by atoms with E-state index in [-0.39, 0.29) is 58.7 Å². The Morgan fingerprint density at radius 2 is 1.80 bits per heavy atom. The molecule has 2 heterocycles. The van der Waals surface area contributed by atoms with Crippen LogP contribution in [0.5, 0.6) is 11.5 Å². The third-order valence-electron chi connectivity index (χ3n) is 6.00. The van der Waals surface area contributed by atoms with E-state index in [9.17, 15) is 27.6 Å². The minimum Gasteiger partial charge on any atom is -0.495 e. The van der Waals surface area contributed by atoms with E-state index in [1.165, 1.54) is 49.4 Å². The summed E-state index contributed by atoms with van der Waals surface area (Å²) in [5, 5.41) is 0.203. The first kappa shape index (κ1) is 30.8. The Bertz CT molecular complexity index is 1410. The van der Waals surface area contributed by atoms with Crippen molar-refractivity contribution in [2.24, 2.45) is 0 Å². The summed E-state index contributed by atoms with van der Waals surface area (Å²) in [4.78, 5) is 42.7. The lowest BCUT2D eigenvalue weighted by molar-refractivity contribution is -0.153. The molecule has 40 heavy (non-hydrogen) atoms. The molecule has 3 aromatic rings. The summed E-state index contributed by atoms with van der Waals surface area (Å²) in [6.07, 6.45) is -1.41. The van der Waals surface area contributed by atoms with Gasteiger partial charge in [-0.25, -0.2) is 0 Å². The zero-order valence-corrected chi connectivity index (χ0v) is 22.8. The summed E-state index contributed by atoms with van der Waals surface area (Å²) in [5.74, 6) is -0.483. The van der Waals surface area contributed by atoms with Gasteiger partial charge in [0.15, 0.2) is 18.2 Å². The smallest absolute Gasteiger partial charge is 0.422 e. The number of hydrogen-bond acceptors (Lipinski definition) is 7. The Labute approximate surface area is 233 Å². The number of Topliss-reactive ketones (excluding diaryl/α,β-unsaturated/α-hetero) is 2. The fourth-order valence-electron chi connectivity index (χ4n) is 4.02. The molecule has 1 atom stereocenters. The van der Waals surface area contributed by atoms with Crippen LogP contribution in [0.25, 0.3) is 11.1 Å². The van der Waals surface area contributed by atoms with Gasteiger partial charge in [-0.05, 0) is 36.2 Å². The Hall–Kier alpha value is -3.70. The highest BCUT2D eigenvalue weighted by Gasteiger charge is 2.29. The Morgan fingerprint density at radius 3 is 2.40 bits per heavy atom. The third-order valence-corrected chi connectivity index (χ3v) is 6.23. The molecule has 0 saturated heterocycles. The first-order valence-corrected chi connectivity index (χ1v) is 12.6. The molecule has 2 aromatic heterocycles. The highest BCUT2D eigenvalue weighted by molar-refractivity contribution is 6.31. The highest BCUT2D eigenvalue weighted by Crippen LogP contribution is 2.38. The van der Waals surface area contributed by atoms with Gasteiger partial charge in [0.1, 0.15) is 17.2 Å². The number of carbonyl (C=O) groups is 2. The molecule has 0 radical (unpaired) electrons. The number of rotatable bonds is 13. The lowest BCUT2D eigenvalue weighted by Crippen LogP contribution is -2.31. The quantitative estimate of drug-likeness (QED) is 0.246. The molecule has 1 unspecified atom stereocenters. The number of hydrogen-bond donors (Lipinski definition) is 0. The maximum Gasteiger partial charge on any atom is 0.422 e. The first-order valence-electron chi connectivity index (χ1n) is 12.3. The normalized spacial score (nSPS) is 12.2. The Morgan fingerprint density at radius 1 is 1.07 bits per heavy atom. The van der Waals surface area contributed by atoms with Crippen molar-refractivity contribution in [3.8, 4) is 22.6 Å². The van der Waals surface area contributed by atoms with E-state index in [1.54, 1.807) is 19.1 Å². The van der Waals surface area contributed by atoms with Crippen molar-refractivity contribution in [1.29, 1.82) is 0 Å². The number of benzene rings is 1.